The Morgan fingerprint density at radius 1 is 1.40 bits per heavy atom. The SMILES string of the molecule is Cc1[nH]nc2c1C(c1cnc3ccccn13)CC(=O)N2. The van der Waals surface area contributed by atoms with Gasteiger partial charge in [-0.05, 0) is 19.1 Å². The fraction of sp³-hybridized carbons (Fsp3) is 0.214. The normalized spacial score (nSPS) is 18.1. The van der Waals surface area contributed by atoms with Gasteiger partial charge in [0.25, 0.3) is 0 Å². The number of carbonyl (C=O) groups excluding carboxylic acids is 1. The summed E-state index contributed by atoms with van der Waals surface area (Å²) in [4.78, 5) is 16.3. The highest BCUT2D eigenvalue weighted by molar-refractivity contribution is 5.94. The van der Waals surface area contributed by atoms with Gasteiger partial charge in [-0.2, -0.15) is 5.10 Å². The van der Waals surface area contributed by atoms with E-state index in [4.69, 9.17) is 0 Å². The van der Waals surface area contributed by atoms with E-state index >= 15 is 0 Å². The first-order valence-corrected chi connectivity index (χ1v) is 6.51. The molecular weight excluding hydrogens is 254 g/mol. The van der Waals surface area contributed by atoms with Crippen LogP contribution in [0.5, 0.6) is 0 Å². The van der Waals surface area contributed by atoms with Crippen LogP contribution in [0.1, 0.15) is 29.3 Å². The molecule has 4 heterocycles. The molecule has 100 valence electrons. The average molecular weight is 267 g/mol. The molecule has 1 amide bonds. The van der Waals surface area contributed by atoms with E-state index in [1.165, 1.54) is 0 Å². The van der Waals surface area contributed by atoms with Crippen molar-refractivity contribution in [1.82, 2.24) is 19.6 Å². The summed E-state index contributed by atoms with van der Waals surface area (Å²) < 4.78 is 2.03. The number of aromatic nitrogens is 4. The van der Waals surface area contributed by atoms with Crippen LogP contribution in [-0.2, 0) is 4.79 Å². The number of rotatable bonds is 1. The minimum Gasteiger partial charge on any atom is -0.309 e. The molecule has 1 aliphatic rings. The van der Waals surface area contributed by atoms with E-state index in [0.29, 0.717) is 12.2 Å². The molecule has 0 saturated heterocycles. The predicted octanol–water partition coefficient (Wildman–Crippen LogP) is 1.84. The quantitative estimate of drug-likeness (QED) is 0.706. The van der Waals surface area contributed by atoms with Gasteiger partial charge in [0.05, 0.1) is 5.69 Å². The van der Waals surface area contributed by atoms with E-state index in [1.807, 2.05) is 41.9 Å². The van der Waals surface area contributed by atoms with Crippen molar-refractivity contribution in [3.05, 3.63) is 47.5 Å². The van der Waals surface area contributed by atoms with Crippen LogP contribution in [0.4, 0.5) is 5.82 Å². The summed E-state index contributed by atoms with van der Waals surface area (Å²) in [6.45, 7) is 1.97. The van der Waals surface area contributed by atoms with Gasteiger partial charge in [-0.3, -0.25) is 9.89 Å². The monoisotopic (exact) mass is 267 g/mol. The van der Waals surface area contributed by atoms with E-state index in [-0.39, 0.29) is 11.8 Å². The van der Waals surface area contributed by atoms with Crippen molar-refractivity contribution in [2.45, 2.75) is 19.3 Å². The zero-order valence-corrected chi connectivity index (χ0v) is 10.9. The standard InChI is InChI=1S/C14H13N5O/c1-8-13-9(6-12(20)16-14(13)18-17-8)10-7-15-11-4-2-3-5-19(10)11/h2-5,7,9H,6H2,1H3,(H2,16,17,18,20). The van der Waals surface area contributed by atoms with E-state index in [2.05, 4.69) is 20.5 Å². The molecule has 0 fully saturated rings. The number of pyridine rings is 1. The Balaban J connectivity index is 1.94. The Morgan fingerprint density at radius 2 is 2.30 bits per heavy atom. The molecule has 20 heavy (non-hydrogen) atoms. The van der Waals surface area contributed by atoms with Crippen molar-refractivity contribution in [3.63, 3.8) is 0 Å². The summed E-state index contributed by atoms with van der Waals surface area (Å²) >= 11 is 0. The maximum Gasteiger partial charge on any atom is 0.226 e. The number of aromatic amines is 1. The van der Waals surface area contributed by atoms with Gasteiger partial charge in [-0.1, -0.05) is 6.07 Å². The van der Waals surface area contributed by atoms with Gasteiger partial charge in [0.2, 0.25) is 5.91 Å². The van der Waals surface area contributed by atoms with Gasteiger partial charge in [0, 0.05) is 36.0 Å². The molecule has 0 radical (unpaired) electrons. The Hall–Kier alpha value is -2.63. The van der Waals surface area contributed by atoms with Crippen LogP contribution in [0.3, 0.4) is 0 Å². The highest BCUT2D eigenvalue weighted by atomic mass is 16.1. The molecule has 0 spiro atoms. The van der Waals surface area contributed by atoms with Gasteiger partial charge >= 0.3 is 0 Å². The van der Waals surface area contributed by atoms with Crippen molar-refractivity contribution in [1.29, 1.82) is 0 Å². The number of imidazole rings is 1. The van der Waals surface area contributed by atoms with Crippen LogP contribution in [0.2, 0.25) is 0 Å². The lowest BCUT2D eigenvalue weighted by molar-refractivity contribution is -0.116. The fourth-order valence-electron chi connectivity index (χ4n) is 2.89. The van der Waals surface area contributed by atoms with Gasteiger partial charge in [0.15, 0.2) is 5.82 Å². The van der Waals surface area contributed by atoms with Crippen molar-refractivity contribution in [3.8, 4) is 0 Å². The van der Waals surface area contributed by atoms with Gasteiger partial charge in [-0.15, -0.1) is 0 Å². The summed E-state index contributed by atoms with van der Waals surface area (Å²) in [6.07, 6.45) is 4.23. The van der Waals surface area contributed by atoms with Gasteiger partial charge in [0.1, 0.15) is 5.65 Å². The fourth-order valence-corrected chi connectivity index (χ4v) is 2.89. The third kappa shape index (κ3) is 1.48. The number of hydrogen-bond acceptors (Lipinski definition) is 3. The summed E-state index contributed by atoms with van der Waals surface area (Å²) in [5, 5.41) is 9.92. The molecule has 0 aliphatic carbocycles. The van der Waals surface area contributed by atoms with Crippen molar-refractivity contribution in [2.24, 2.45) is 0 Å². The van der Waals surface area contributed by atoms with E-state index in [0.717, 1.165) is 22.6 Å². The highest BCUT2D eigenvalue weighted by Gasteiger charge is 2.32. The Bertz CT molecular complexity index is 816. The van der Waals surface area contributed by atoms with Crippen molar-refractivity contribution >= 4 is 17.4 Å². The molecule has 6 heteroatoms. The molecule has 0 saturated carbocycles. The topological polar surface area (TPSA) is 75.1 Å². The first kappa shape index (κ1) is 11.2. The third-order valence-corrected chi connectivity index (χ3v) is 3.79. The number of carbonyl (C=O) groups is 1. The summed E-state index contributed by atoms with van der Waals surface area (Å²) in [5.74, 6) is 0.601. The number of fused-ring (bicyclic) bond motifs is 2. The van der Waals surface area contributed by atoms with Crippen LogP contribution >= 0.6 is 0 Å². The molecule has 3 aromatic rings. The molecule has 1 atom stereocenters. The number of anilines is 1. The third-order valence-electron chi connectivity index (χ3n) is 3.79. The Labute approximate surface area is 114 Å². The Kier molecular flexibility index (Phi) is 2.20. The molecule has 6 nitrogen and oxygen atoms in total. The second kappa shape index (κ2) is 3.93. The van der Waals surface area contributed by atoms with E-state index in [1.54, 1.807) is 0 Å². The summed E-state index contributed by atoms with van der Waals surface area (Å²) in [5.41, 5.74) is 3.93. The number of hydrogen-bond donors (Lipinski definition) is 2. The van der Waals surface area contributed by atoms with Crippen LogP contribution in [0, 0.1) is 6.92 Å². The van der Waals surface area contributed by atoms with Crippen LogP contribution < -0.4 is 5.32 Å². The zero-order chi connectivity index (χ0) is 13.7. The summed E-state index contributed by atoms with van der Waals surface area (Å²) in [7, 11) is 0. The maximum atomic E-state index is 11.9. The molecule has 0 aromatic carbocycles. The number of nitrogens with zero attached hydrogens (tertiary/aromatic N) is 3. The molecular formula is C14H13N5O. The van der Waals surface area contributed by atoms with Crippen molar-refractivity contribution in [2.75, 3.05) is 5.32 Å². The highest BCUT2D eigenvalue weighted by Crippen LogP contribution is 2.37. The number of amides is 1. The number of aryl methyl sites for hydroxylation is 1. The lowest BCUT2D eigenvalue weighted by Gasteiger charge is -2.22. The van der Waals surface area contributed by atoms with E-state index in [9.17, 15) is 4.79 Å². The maximum absolute atomic E-state index is 11.9. The predicted molar refractivity (Wildman–Crippen MR) is 73.6 cm³/mol. The molecule has 2 N–H and O–H groups in total. The van der Waals surface area contributed by atoms with Gasteiger partial charge < -0.3 is 9.72 Å². The molecule has 0 bridgehead atoms. The first-order valence-electron chi connectivity index (χ1n) is 6.51. The summed E-state index contributed by atoms with van der Waals surface area (Å²) in [6, 6.07) is 5.87. The Morgan fingerprint density at radius 3 is 3.20 bits per heavy atom. The first-order chi connectivity index (χ1) is 9.74. The lowest BCUT2D eigenvalue weighted by Crippen LogP contribution is -2.24. The zero-order valence-electron chi connectivity index (χ0n) is 10.9. The van der Waals surface area contributed by atoms with E-state index < -0.39 is 0 Å². The molecule has 1 aliphatic heterocycles. The minimum absolute atomic E-state index is 0.0140. The number of H-pyrrole nitrogens is 1. The van der Waals surface area contributed by atoms with Gasteiger partial charge in [-0.25, -0.2) is 4.98 Å². The van der Waals surface area contributed by atoms with Crippen molar-refractivity contribution < 1.29 is 4.79 Å². The average Bonchev–Trinajstić information content (AvgIpc) is 3.02. The second-order valence-corrected chi connectivity index (χ2v) is 5.03. The van der Waals surface area contributed by atoms with Crippen LogP contribution in [-0.4, -0.2) is 25.5 Å². The smallest absolute Gasteiger partial charge is 0.226 e. The minimum atomic E-state index is -0.0186. The van der Waals surface area contributed by atoms with Crippen LogP contribution in [0.25, 0.3) is 5.65 Å². The number of nitrogens with one attached hydrogen (secondary N) is 2. The second-order valence-electron chi connectivity index (χ2n) is 5.03. The molecule has 1 unspecified atom stereocenters. The van der Waals surface area contributed by atoms with Crippen LogP contribution in [0.15, 0.2) is 30.6 Å². The molecule has 3 aromatic heterocycles. The molecule has 4 rings (SSSR count). The largest absolute Gasteiger partial charge is 0.309 e. The lowest BCUT2D eigenvalue weighted by atomic mass is 9.89.